The molecule has 0 aliphatic rings. The molecule has 0 aliphatic heterocycles. The predicted octanol–water partition coefficient (Wildman–Crippen LogP) is 5.05. The van der Waals surface area contributed by atoms with Gasteiger partial charge >= 0.3 is 0 Å². The van der Waals surface area contributed by atoms with Gasteiger partial charge in [-0.2, -0.15) is 0 Å². The molecule has 0 bridgehead atoms. The Morgan fingerprint density at radius 1 is 1.17 bits per heavy atom. The quantitative estimate of drug-likeness (QED) is 0.517. The zero-order valence-corrected chi connectivity index (χ0v) is 13.4. The summed E-state index contributed by atoms with van der Waals surface area (Å²) in [7, 11) is 0. The van der Waals surface area contributed by atoms with Crippen LogP contribution in [0.4, 0.5) is 0 Å². The van der Waals surface area contributed by atoms with Gasteiger partial charge < -0.3 is 4.74 Å². The smallest absolute Gasteiger partial charge is 0.163 e. The van der Waals surface area contributed by atoms with Crippen LogP contribution in [0.15, 0.2) is 46.9 Å². The molecule has 0 heterocycles. The summed E-state index contributed by atoms with van der Waals surface area (Å²) in [5.41, 5.74) is 0.580. The first-order valence-electron chi connectivity index (χ1n) is 5.30. The number of ether oxygens (including phenoxy) is 1. The highest BCUT2D eigenvalue weighted by Gasteiger charge is 2.09. The third-order valence-electron chi connectivity index (χ3n) is 2.36. The monoisotopic (exact) mass is 416 g/mol. The normalized spacial score (nSPS) is 10.2. The third kappa shape index (κ3) is 3.32. The average molecular weight is 417 g/mol. The summed E-state index contributed by atoms with van der Waals surface area (Å²) in [6.07, 6.45) is 0. The number of hydrogen-bond donors (Lipinski definition) is 0. The van der Waals surface area contributed by atoms with Crippen LogP contribution < -0.4 is 4.74 Å². The summed E-state index contributed by atoms with van der Waals surface area (Å²) >= 11 is 5.61. The Kier molecular flexibility index (Phi) is 4.40. The highest BCUT2D eigenvalue weighted by atomic mass is 127. The number of rotatable bonds is 3. The van der Waals surface area contributed by atoms with Crippen LogP contribution in [0.25, 0.3) is 0 Å². The average Bonchev–Trinajstić information content (AvgIpc) is 2.32. The summed E-state index contributed by atoms with van der Waals surface area (Å²) in [6.45, 7) is 1.53. The lowest BCUT2D eigenvalue weighted by molar-refractivity contribution is 0.101. The number of ketones is 1. The second-order valence-electron chi connectivity index (χ2n) is 3.75. The van der Waals surface area contributed by atoms with Crippen molar-refractivity contribution in [3.63, 3.8) is 0 Å². The Morgan fingerprint density at radius 3 is 2.44 bits per heavy atom. The Balaban J connectivity index is 2.35. The van der Waals surface area contributed by atoms with Gasteiger partial charge in [0.15, 0.2) is 5.78 Å². The molecule has 0 atom stereocenters. The minimum absolute atomic E-state index is 0.0111. The zero-order chi connectivity index (χ0) is 13.1. The molecule has 2 rings (SSSR count). The first kappa shape index (κ1) is 13.5. The van der Waals surface area contributed by atoms with Gasteiger partial charge in [-0.15, -0.1) is 0 Å². The fourth-order valence-electron chi connectivity index (χ4n) is 1.50. The molecule has 2 nitrogen and oxygen atoms in total. The first-order valence-corrected chi connectivity index (χ1v) is 7.17. The largest absolute Gasteiger partial charge is 0.457 e. The van der Waals surface area contributed by atoms with Gasteiger partial charge in [0.25, 0.3) is 0 Å². The molecular weight excluding hydrogens is 407 g/mol. The SMILES string of the molecule is CC(=O)c1ccc(Br)cc1Oc1ccc(I)cc1. The van der Waals surface area contributed by atoms with Crippen LogP contribution in [-0.2, 0) is 0 Å². The van der Waals surface area contributed by atoms with E-state index in [1.807, 2.05) is 30.3 Å². The van der Waals surface area contributed by atoms with Crippen molar-refractivity contribution in [1.82, 2.24) is 0 Å². The number of carbonyl (C=O) groups is 1. The molecule has 18 heavy (non-hydrogen) atoms. The molecule has 4 heteroatoms. The van der Waals surface area contributed by atoms with Crippen LogP contribution >= 0.6 is 38.5 Å². The van der Waals surface area contributed by atoms with Crippen LogP contribution in [0, 0.1) is 3.57 Å². The molecule has 0 fully saturated rings. The van der Waals surface area contributed by atoms with Gasteiger partial charge in [-0.05, 0) is 72.0 Å². The van der Waals surface area contributed by atoms with E-state index in [2.05, 4.69) is 38.5 Å². The molecule has 0 unspecified atom stereocenters. The summed E-state index contributed by atoms with van der Waals surface area (Å²) in [4.78, 5) is 11.5. The molecule has 0 saturated heterocycles. The molecule has 0 saturated carbocycles. The van der Waals surface area contributed by atoms with E-state index in [1.54, 1.807) is 12.1 Å². The highest BCUT2D eigenvalue weighted by Crippen LogP contribution is 2.29. The molecule has 2 aromatic rings. The van der Waals surface area contributed by atoms with Crippen molar-refractivity contribution >= 4 is 44.3 Å². The summed E-state index contributed by atoms with van der Waals surface area (Å²) < 4.78 is 7.77. The number of Topliss-reactive ketones (excluding diaryl/α,β-unsaturated/α-hetero) is 1. The lowest BCUT2D eigenvalue weighted by atomic mass is 10.1. The molecule has 0 aliphatic carbocycles. The zero-order valence-electron chi connectivity index (χ0n) is 9.61. The molecular formula is C14H10BrIO2. The van der Waals surface area contributed by atoms with E-state index >= 15 is 0 Å². The van der Waals surface area contributed by atoms with Crippen molar-refractivity contribution < 1.29 is 9.53 Å². The predicted molar refractivity (Wildman–Crippen MR) is 83.4 cm³/mol. The minimum atomic E-state index is -0.0111. The molecule has 0 amide bonds. The van der Waals surface area contributed by atoms with Crippen LogP contribution in [-0.4, -0.2) is 5.78 Å². The topological polar surface area (TPSA) is 26.3 Å². The van der Waals surface area contributed by atoms with E-state index in [-0.39, 0.29) is 5.78 Å². The summed E-state index contributed by atoms with van der Waals surface area (Å²) in [5.74, 6) is 1.28. The Hall–Kier alpha value is -0.880. The number of benzene rings is 2. The third-order valence-corrected chi connectivity index (χ3v) is 3.58. The van der Waals surface area contributed by atoms with Crippen LogP contribution in [0.5, 0.6) is 11.5 Å². The fourth-order valence-corrected chi connectivity index (χ4v) is 2.20. The van der Waals surface area contributed by atoms with Crippen LogP contribution in [0.3, 0.4) is 0 Å². The van der Waals surface area contributed by atoms with E-state index in [1.165, 1.54) is 6.92 Å². The van der Waals surface area contributed by atoms with Crippen molar-refractivity contribution in [2.45, 2.75) is 6.92 Å². The van der Waals surface area contributed by atoms with E-state index in [4.69, 9.17) is 4.74 Å². The van der Waals surface area contributed by atoms with Crippen molar-refractivity contribution in [3.05, 3.63) is 56.1 Å². The van der Waals surface area contributed by atoms with Crippen molar-refractivity contribution in [3.8, 4) is 11.5 Å². The maximum Gasteiger partial charge on any atom is 0.163 e. The Bertz CT molecular complexity index is 579. The van der Waals surface area contributed by atoms with Gasteiger partial charge in [-0.3, -0.25) is 4.79 Å². The van der Waals surface area contributed by atoms with Gasteiger partial charge in [0.05, 0.1) is 5.56 Å². The van der Waals surface area contributed by atoms with Crippen LogP contribution in [0.1, 0.15) is 17.3 Å². The van der Waals surface area contributed by atoms with E-state index in [0.717, 1.165) is 13.8 Å². The summed E-state index contributed by atoms with van der Waals surface area (Å²) in [6, 6.07) is 13.1. The standard InChI is InChI=1S/C14H10BrIO2/c1-9(17)13-7-2-10(15)8-14(13)18-12-5-3-11(16)4-6-12/h2-8H,1H3. The van der Waals surface area contributed by atoms with Gasteiger partial charge in [0.1, 0.15) is 11.5 Å². The van der Waals surface area contributed by atoms with Gasteiger partial charge in [-0.25, -0.2) is 0 Å². The fraction of sp³-hybridized carbons (Fsp3) is 0.0714. The van der Waals surface area contributed by atoms with Crippen molar-refractivity contribution in [2.75, 3.05) is 0 Å². The maximum absolute atomic E-state index is 11.5. The summed E-state index contributed by atoms with van der Waals surface area (Å²) in [5, 5.41) is 0. The molecule has 0 radical (unpaired) electrons. The van der Waals surface area contributed by atoms with Crippen molar-refractivity contribution in [2.24, 2.45) is 0 Å². The highest BCUT2D eigenvalue weighted by molar-refractivity contribution is 14.1. The Morgan fingerprint density at radius 2 is 1.83 bits per heavy atom. The first-order chi connectivity index (χ1) is 8.56. The lowest BCUT2D eigenvalue weighted by Gasteiger charge is -2.10. The van der Waals surface area contributed by atoms with Crippen LogP contribution in [0.2, 0.25) is 0 Å². The van der Waals surface area contributed by atoms with Gasteiger partial charge in [0, 0.05) is 8.04 Å². The van der Waals surface area contributed by atoms with Gasteiger partial charge in [-0.1, -0.05) is 15.9 Å². The number of halogens is 2. The lowest BCUT2D eigenvalue weighted by Crippen LogP contribution is -1.97. The molecule has 2 aromatic carbocycles. The molecule has 92 valence electrons. The molecule has 0 N–H and O–H groups in total. The second-order valence-corrected chi connectivity index (χ2v) is 5.91. The Labute approximate surface area is 128 Å². The van der Waals surface area contributed by atoms with E-state index in [9.17, 15) is 4.79 Å². The minimum Gasteiger partial charge on any atom is -0.457 e. The number of hydrogen-bond acceptors (Lipinski definition) is 2. The molecule has 0 spiro atoms. The van der Waals surface area contributed by atoms with Crippen molar-refractivity contribution in [1.29, 1.82) is 0 Å². The second kappa shape index (κ2) is 5.84. The van der Waals surface area contributed by atoms with E-state index < -0.39 is 0 Å². The van der Waals surface area contributed by atoms with Gasteiger partial charge in [0.2, 0.25) is 0 Å². The molecule has 0 aromatic heterocycles. The van der Waals surface area contributed by atoms with E-state index in [0.29, 0.717) is 11.3 Å². The number of carbonyl (C=O) groups excluding carboxylic acids is 1. The maximum atomic E-state index is 11.5.